The SMILES string of the molecule is CCOC(=O)n1c(-c2cc(C)cc(C)c2)c(CCNC(CCCc2ccncc2)C(=O)OCc2ccccc2)c2ccccc21. The van der Waals surface area contributed by atoms with Crippen molar-refractivity contribution in [1.29, 1.82) is 0 Å². The third kappa shape index (κ3) is 8.05. The number of esters is 1. The van der Waals surface area contributed by atoms with E-state index in [9.17, 15) is 9.59 Å². The highest BCUT2D eigenvalue weighted by molar-refractivity contribution is 5.99. The van der Waals surface area contributed by atoms with Gasteiger partial charge in [-0.05, 0) is 99.0 Å². The van der Waals surface area contributed by atoms with Crippen LogP contribution in [0.2, 0.25) is 0 Å². The van der Waals surface area contributed by atoms with E-state index < -0.39 is 12.1 Å². The van der Waals surface area contributed by atoms with Gasteiger partial charge >= 0.3 is 12.1 Å². The lowest BCUT2D eigenvalue weighted by molar-refractivity contribution is -0.147. The van der Waals surface area contributed by atoms with Crippen LogP contribution in [0.15, 0.2) is 97.3 Å². The summed E-state index contributed by atoms with van der Waals surface area (Å²) in [7, 11) is 0. The summed E-state index contributed by atoms with van der Waals surface area (Å²) in [5.74, 6) is -0.267. The second-order valence-corrected chi connectivity index (χ2v) is 11.4. The molecule has 0 aliphatic heterocycles. The largest absolute Gasteiger partial charge is 0.460 e. The molecule has 232 valence electrons. The molecule has 0 saturated heterocycles. The number of aryl methyl sites for hydroxylation is 3. The van der Waals surface area contributed by atoms with E-state index in [-0.39, 0.29) is 19.2 Å². The van der Waals surface area contributed by atoms with E-state index in [1.807, 2.05) is 73.7 Å². The summed E-state index contributed by atoms with van der Waals surface area (Å²) in [5.41, 5.74) is 7.99. The average Bonchev–Trinajstić information content (AvgIpc) is 3.38. The maximum Gasteiger partial charge on any atom is 0.418 e. The van der Waals surface area contributed by atoms with Crippen LogP contribution in [0.4, 0.5) is 4.79 Å². The molecule has 45 heavy (non-hydrogen) atoms. The monoisotopic (exact) mass is 603 g/mol. The molecule has 0 radical (unpaired) electrons. The van der Waals surface area contributed by atoms with Crippen LogP contribution in [0, 0.1) is 13.8 Å². The van der Waals surface area contributed by atoms with Crippen LogP contribution in [0.3, 0.4) is 0 Å². The van der Waals surface area contributed by atoms with Crippen molar-refractivity contribution in [3.05, 3.63) is 125 Å². The highest BCUT2D eigenvalue weighted by atomic mass is 16.5. The van der Waals surface area contributed by atoms with Crippen LogP contribution in [0.5, 0.6) is 0 Å². The minimum Gasteiger partial charge on any atom is -0.460 e. The number of pyridine rings is 1. The summed E-state index contributed by atoms with van der Waals surface area (Å²) in [6, 6.07) is 27.5. The van der Waals surface area contributed by atoms with Gasteiger partial charge in [0, 0.05) is 24.3 Å². The Morgan fingerprint density at radius 3 is 2.29 bits per heavy atom. The first-order valence-electron chi connectivity index (χ1n) is 15.7. The average molecular weight is 604 g/mol. The minimum absolute atomic E-state index is 0.228. The molecule has 0 aliphatic rings. The van der Waals surface area contributed by atoms with Gasteiger partial charge in [-0.2, -0.15) is 0 Å². The van der Waals surface area contributed by atoms with Crippen LogP contribution in [-0.4, -0.2) is 40.8 Å². The van der Waals surface area contributed by atoms with Crippen molar-refractivity contribution in [2.75, 3.05) is 13.2 Å². The Balaban J connectivity index is 1.40. The van der Waals surface area contributed by atoms with Gasteiger partial charge in [-0.25, -0.2) is 9.36 Å². The van der Waals surface area contributed by atoms with E-state index in [1.165, 1.54) is 5.56 Å². The number of fused-ring (bicyclic) bond motifs is 1. The topological polar surface area (TPSA) is 82.5 Å². The number of carbonyl (C=O) groups is 2. The number of carbonyl (C=O) groups excluding carboxylic acids is 2. The van der Waals surface area contributed by atoms with Crippen molar-refractivity contribution in [2.24, 2.45) is 0 Å². The number of rotatable bonds is 13. The summed E-state index contributed by atoms with van der Waals surface area (Å²) < 4.78 is 13.0. The Bertz CT molecular complexity index is 1710. The molecule has 2 heterocycles. The Labute approximate surface area is 265 Å². The quantitative estimate of drug-likeness (QED) is 0.140. The number of ether oxygens (including phenoxy) is 2. The number of hydrogen-bond donors (Lipinski definition) is 1. The minimum atomic E-state index is -0.473. The van der Waals surface area contributed by atoms with Crippen LogP contribution in [-0.2, 0) is 33.7 Å². The van der Waals surface area contributed by atoms with Gasteiger partial charge < -0.3 is 14.8 Å². The second kappa shape index (κ2) is 15.3. The molecule has 5 aromatic rings. The molecule has 0 spiro atoms. The Hall–Kier alpha value is -4.75. The van der Waals surface area contributed by atoms with E-state index >= 15 is 0 Å². The molecular formula is C38H41N3O4. The summed E-state index contributed by atoms with van der Waals surface area (Å²) in [5, 5.41) is 4.50. The molecule has 0 aliphatic carbocycles. The smallest absolute Gasteiger partial charge is 0.418 e. The highest BCUT2D eigenvalue weighted by Gasteiger charge is 2.25. The molecular weight excluding hydrogens is 562 g/mol. The standard InChI is InChI=1S/C38H41N3O4/c1-4-44-38(43)41-35-16-9-8-14-32(35)33(36(41)31-24-27(2)23-28(3)25-31)19-22-40-34(15-10-13-29-17-20-39-21-18-29)37(42)45-26-30-11-6-5-7-12-30/h5-9,11-12,14,16-18,20-21,23-25,34,40H,4,10,13,15,19,22,26H2,1-3H3. The third-order valence-corrected chi connectivity index (χ3v) is 7.91. The van der Waals surface area contributed by atoms with Crippen molar-refractivity contribution in [3.8, 4) is 11.3 Å². The maximum atomic E-state index is 13.4. The van der Waals surface area contributed by atoms with Gasteiger partial charge in [0.05, 0.1) is 17.8 Å². The molecule has 1 N–H and O–H groups in total. The summed E-state index contributed by atoms with van der Waals surface area (Å²) in [6.07, 6.45) is 6.07. The van der Waals surface area contributed by atoms with Crippen LogP contribution >= 0.6 is 0 Å². The van der Waals surface area contributed by atoms with Crippen molar-refractivity contribution in [3.63, 3.8) is 0 Å². The first-order chi connectivity index (χ1) is 21.9. The van der Waals surface area contributed by atoms with Gasteiger partial charge in [0.15, 0.2) is 0 Å². The molecule has 1 atom stereocenters. The zero-order valence-electron chi connectivity index (χ0n) is 26.3. The van der Waals surface area contributed by atoms with Crippen molar-refractivity contribution < 1.29 is 19.1 Å². The number of aromatic nitrogens is 2. The fourth-order valence-electron chi connectivity index (χ4n) is 5.92. The lowest BCUT2D eigenvalue weighted by atomic mass is 9.99. The molecule has 2 aromatic heterocycles. The number of benzene rings is 3. The van der Waals surface area contributed by atoms with E-state index in [0.717, 1.165) is 57.3 Å². The van der Waals surface area contributed by atoms with E-state index in [2.05, 4.69) is 42.3 Å². The normalized spacial score (nSPS) is 11.8. The molecule has 5 rings (SSSR count). The van der Waals surface area contributed by atoms with Crippen molar-refractivity contribution in [1.82, 2.24) is 14.9 Å². The van der Waals surface area contributed by atoms with Gasteiger partial charge in [-0.3, -0.25) is 9.78 Å². The van der Waals surface area contributed by atoms with Gasteiger partial charge in [0.1, 0.15) is 12.6 Å². The maximum absolute atomic E-state index is 13.4. The molecule has 0 amide bonds. The lowest BCUT2D eigenvalue weighted by Gasteiger charge is -2.18. The summed E-state index contributed by atoms with van der Waals surface area (Å²) >= 11 is 0. The van der Waals surface area contributed by atoms with Gasteiger partial charge in [0.2, 0.25) is 0 Å². The predicted molar refractivity (Wildman–Crippen MR) is 178 cm³/mol. The summed E-state index contributed by atoms with van der Waals surface area (Å²) in [4.78, 5) is 30.9. The first kappa shape index (κ1) is 31.7. The van der Waals surface area contributed by atoms with Crippen molar-refractivity contribution in [2.45, 2.75) is 59.1 Å². The Morgan fingerprint density at radius 2 is 1.56 bits per heavy atom. The second-order valence-electron chi connectivity index (χ2n) is 11.4. The summed E-state index contributed by atoms with van der Waals surface area (Å²) in [6.45, 7) is 6.97. The number of nitrogens with zero attached hydrogens (tertiary/aromatic N) is 2. The number of hydrogen-bond acceptors (Lipinski definition) is 6. The van der Waals surface area contributed by atoms with Crippen LogP contribution < -0.4 is 5.32 Å². The van der Waals surface area contributed by atoms with Crippen LogP contribution in [0.1, 0.15) is 47.6 Å². The Kier molecular flexibility index (Phi) is 10.8. The van der Waals surface area contributed by atoms with E-state index in [1.54, 1.807) is 17.0 Å². The molecule has 7 heteroatoms. The molecule has 0 bridgehead atoms. The fourth-order valence-corrected chi connectivity index (χ4v) is 5.92. The highest BCUT2D eigenvalue weighted by Crippen LogP contribution is 2.35. The number of nitrogens with one attached hydrogen (secondary N) is 1. The molecule has 7 nitrogen and oxygen atoms in total. The predicted octanol–water partition coefficient (Wildman–Crippen LogP) is 7.59. The van der Waals surface area contributed by atoms with Gasteiger partial charge in [-0.1, -0.05) is 65.7 Å². The van der Waals surface area contributed by atoms with Gasteiger partial charge in [-0.15, -0.1) is 0 Å². The first-order valence-corrected chi connectivity index (χ1v) is 15.7. The Morgan fingerprint density at radius 1 is 0.844 bits per heavy atom. The molecule has 0 fully saturated rings. The lowest BCUT2D eigenvalue weighted by Crippen LogP contribution is -2.39. The fraction of sp³-hybridized carbons (Fsp3) is 0.289. The zero-order valence-corrected chi connectivity index (χ0v) is 26.3. The van der Waals surface area contributed by atoms with E-state index in [0.29, 0.717) is 19.4 Å². The van der Waals surface area contributed by atoms with Gasteiger partial charge in [0.25, 0.3) is 0 Å². The number of para-hydroxylation sites is 1. The third-order valence-electron chi connectivity index (χ3n) is 7.91. The zero-order chi connectivity index (χ0) is 31.6. The molecule has 0 saturated carbocycles. The molecule has 3 aromatic carbocycles. The molecule has 1 unspecified atom stereocenters. The van der Waals surface area contributed by atoms with Crippen LogP contribution in [0.25, 0.3) is 22.2 Å². The van der Waals surface area contributed by atoms with E-state index in [4.69, 9.17) is 9.47 Å². The van der Waals surface area contributed by atoms with Crippen molar-refractivity contribution >= 4 is 23.0 Å².